The Kier molecular flexibility index (Phi) is 7.98. The number of oxime groups is 1. The van der Waals surface area contributed by atoms with Crippen molar-refractivity contribution in [1.29, 1.82) is 0 Å². The summed E-state index contributed by atoms with van der Waals surface area (Å²) in [5.74, 6) is 0.203. The zero-order valence-electron chi connectivity index (χ0n) is 9.73. The lowest BCUT2D eigenvalue weighted by Gasteiger charge is -2.18. The van der Waals surface area contributed by atoms with E-state index in [2.05, 4.69) is 15.4 Å². The Morgan fingerprint density at radius 2 is 2.27 bits per heavy atom. The first-order valence-corrected chi connectivity index (χ1v) is 5.00. The molecule has 0 aliphatic heterocycles. The average Bonchev–Trinajstić information content (AvgIpc) is 2.24. The lowest BCUT2D eigenvalue weighted by atomic mass is 10.3. The molecule has 90 valence electrons. The Hall–Kier alpha value is -0.850. The van der Waals surface area contributed by atoms with Crippen LogP contribution in [0.15, 0.2) is 5.16 Å². The number of nitrogens with zero attached hydrogens (tertiary/aromatic N) is 2. The maximum atomic E-state index is 8.43. The standard InChI is InChI=1S/C9H22N4O2/c1-8(9(10)12-14)11-4-5-13(2)6-7-15-3/h8,11,14H,4-7H2,1-3H3,(H2,10,12). The lowest BCUT2D eigenvalue weighted by Crippen LogP contribution is -2.42. The van der Waals surface area contributed by atoms with Crippen molar-refractivity contribution in [3.8, 4) is 0 Å². The summed E-state index contributed by atoms with van der Waals surface area (Å²) in [6.45, 7) is 5.16. The molecule has 6 heteroatoms. The maximum Gasteiger partial charge on any atom is 0.156 e. The van der Waals surface area contributed by atoms with Gasteiger partial charge in [-0.05, 0) is 14.0 Å². The summed E-state index contributed by atoms with van der Waals surface area (Å²) in [5.41, 5.74) is 5.42. The predicted molar refractivity (Wildman–Crippen MR) is 60.2 cm³/mol. The van der Waals surface area contributed by atoms with E-state index in [1.54, 1.807) is 7.11 Å². The van der Waals surface area contributed by atoms with E-state index < -0.39 is 0 Å². The second kappa shape index (κ2) is 8.46. The van der Waals surface area contributed by atoms with Gasteiger partial charge in [-0.15, -0.1) is 0 Å². The molecule has 0 aliphatic rings. The molecule has 6 nitrogen and oxygen atoms in total. The van der Waals surface area contributed by atoms with Gasteiger partial charge in [0.25, 0.3) is 0 Å². The van der Waals surface area contributed by atoms with E-state index in [0.29, 0.717) is 0 Å². The van der Waals surface area contributed by atoms with Crippen LogP contribution in [0.5, 0.6) is 0 Å². The number of ether oxygens (including phenoxy) is 1. The Labute approximate surface area is 91.1 Å². The molecule has 0 heterocycles. The fraction of sp³-hybridized carbons (Fsp3) is 0.889. The fourth-order valence-electron chi connectivity index (χ4n) is 1.02. The van der Waals surface area contributed by atoms with E-state index in [0.717, 1.165) is 26.2 Å². The van der Waals surface area contributed by atoms with Crippen LogP contribution < -0.4 is 11.1 Å². The maximum absolute atomic E-state index is 8.43. The predicted octanol–water partition coefficient (Wildman–Crippen LogP) is -0.711. The Balaban J connectivity index is 3.52. The summed E-state index contributed by atoms with van der Waals surface area (Å²) in [6, 6.07) is -0.106. The molecule has 0 saturated carbocycles. The van der Waals surface area contributed by atoms with Crippen molar-refractivity contribution in [2.75, 3.05) is 40.4 Å². The number of rotatable bonds is 8. The van der Waals surface area contributed by atoms with Crippen LogP contribution in [0, 0.1) is 0 Å². The summed E-state index contributed by atoms with van der Waals surface area (Å²) in [6.07, 6.45) is 0. The third-order valence-corrected chi connectivity index (χ3v) is 2.18. The highest BCUT2D eigenvalue weighted by Gasteiger charge is 2.06. The number of methoxy groups -OCH3 is 1. The van der Waals surface area contributed by atoms with E-state index in [1.807, 2.05) is 14.0 Å². The summed E-state index contributed by atoms with van der Waals surface area (Å²) in [5, 5.41) is 14.5. The van der Waals surface area contributed by atoms with Gasteiger partial charge in [-0.3, -0.25) is 0 Å². The number of hydrogen-bond donors (Lipinski definition) is 3. The molecule has 0 bridgehead atoms. The molecule has 0 aliphatic carbocycles. The minimum Gasteiger partial charge on any atom is -0.409 e. The van der Waals surface area contributed by atoms with Crippen LogP contribution in [0.3, 0.4) is 0 Å². The highest BCUT2D eigenvalue weighted by atomic mass is 16.5. The number of nitrogens with one attached hydrogen (secondary N) is 1. The SMILES string of the molecule is COCCN(C)CCNC(C)C(N)=NO. The zero-order valence-corrected chi connectivity index (χ0v) is 9.73. The average molecular weight is 218 g/mol. The molecule has 0 rings (SSSR count). The molecule has 0 aromatic rings. The second-order valence-corrected chi connectivity index (χ2v) is 3.50. The van der Waals surface area contributed by atoms with Crippen molar-refractivity contribution in [2.24, 2.45) is 10.9 Å². The van der Waals surface area contributed by atoms with Crippen LogP contribution in [-0.2, 0) is 4.74 Å². The van der Waals surface area contributed by atoms with Crippen LogP contribution in [-0.4, -0.2) is 62.4 Å². The first kappa shape index (κ1) is 14.2. The lowest BCUT2D eigenvalue weighted by molar-refractivity contribution is 0.161. The van der Waals surface area contributed by atoms with Crippen molar-refractivity contribution in [1.82, 2.24) is 10.2 Å². The van der Waals surface area contributed by atoms with Gasteiger partial charge in [-0.1, -0.05) is 5.16 Å². The van der Waals surface area contributed by atoms with Gasteiger partial charge in [0, 0.05) is 26.7 Å². The highest BCUT2D eigenvalue weighted by Crippen LogP contribution is 1.84. The molecule has 0 fully saturated rings. The summed E-state index contributed by atoms with van der Waals surface area (Å²) < 4.78 is 4.96. The Morgan fingerprint density at radius 1 is 1.60 bits per heavy atom. The number of likely N-dealkylation sites (N-methyl/N-ethyl adjacent to an activating group) is 1. The van der Waals surface area contributed by atoms with Gasteiger partial charge in [0.05, 0.1) is 12.6 Å². The molecular formula is C9H22N4O2. The molecule has 0 aromatic heterocycles. The molecule has 0 radical (unpaired) electrons. The molecule has 0 aromatic carbocycles. The van der Waals surface area contributed by atoms with Crippen LogP contribution in [0.1, 0.15) is 6.92 Å². The van der Waals surface area contributed by atoms with E-state index in [4.69, 9.17) is 15.7 Å². The van der Waals surface area contributed by atoms with Gasteiger partial charge in [0.2, 0.25) is 0 Å². The van der Waals surface area contributed by atoms with Crippen molar-refractivity contribution in [2.45, 2.75) is 13.0 Å². The minimum atomic E-state index is -0.106. The molecule has 0 amide bonds. The van der Waals surface area contributed by atoms with Gasteiger partial charge in [-0.2, -0.15) is 0 Å². The van der Waals surface area contributed by atoms with Crippen LogP contribution in [0.4, 0.5) is 0 Å². The second-order valence-electron chi connectivity index (χ2n) is 3.50. The zero-order chi connectivity index (χ0) is 11.7. The topological polar surface area (TPSA) is 83.1 Å². The van der Waals surface area contributed by atoms with Crippen LogP contribution in [0.25, 0.3) is 0 Å². The van der Waals surface area contributed by atoms with Gasteiger partial charge >= 0.3 is 0 Å². The first-order chi connectivity index (χ1) is 7.11. The normalized spacial score (nSPS) is 14.5. The Bertz CT molecular complexity index is 187. The monoisotopic (exact) mass is 218 g/mol. The van der Waals surface area contributed by atoms with Crippen molar-refractivity contribution in [3.63, 3.8) is 0 Å². The van der Waals surface area contributed by atoms with Gasteiger partial charge in [0.15, 0.2) is 5.84 Å². The largest absolute Gasteiger partial charge is 0.409 e. The highest BCUT2D eigenvalue weighted by molar-refractivity contribution is 5.84. The van der Waals surface area contributed by atoms with E-state index in [1.165, 1.54) is 0 Å². The van der Waals surface area contributed by atoms with E-state index in [-0.39, 0.29) is 11.9 Å². The quantitative estimate of drug-likeness (QED) is 0.217. The van der Waals surface area contributed by atoms with Crippen molar-refractivity contribution in [3.05, 3.63) is 0 Å². The molecule has 1 unspecified atom stereocenters. The molecular weight excluding hydrogens is 196 g/mol. The summed E-state index contributed by atoms with van der Waals surface area (Å²) >= 11 is 0. The van der Waals surface area contributed by atoms with E-state index in [9.17, 15) is 0 Å². The smallest absolute Gasteiger partial charge is 0.156 e. The molecule has 1 atom stereocenters. The molecule has 0 saturated heterocycles. The number of hydrogen-bond acceptors (Lipinski definition) is 5. The van der Waals surface area contributed by atoms with Gasteiger partial charge in [0.1, 0.15) is 0 Å². The van der Waals surface area contributed by atoms with Crippen LogP contribution in [0.2, 0.25) is 0 Å². The van der Waals surface area contributed by atoms with Crippen molar-refractivity contribution >= 4 is 5.84 Å². The molecule has 0 spiro atoms. The third kappa shape index (κ3) is 7.12. The third-order valence-electron chi connectivity index (χ3n) is 2.18. The summed E-state index contributed by atoms with van der Waals surface area (Å²) in [4.78, 5) is 2.15. The Morgan fingerprint density at radius 3 is 2.80 bits per heavy atom. The molecule has 15 heavy (non-hydrogen) atoms. The van der Waals surface area contributed by atoms with Gasteiger partial charge < -0.3 is 25.9 Å². The van der Waals surface area contributed by atoms with Crippen LogP contribution >= 0.6 is 0 Å². The molecule has 4 N–H and O–H groups in total. The minimum absolute atomic E-state index is 0.106. The number of nitrogens with two attached hydrogens (primary N) is 1. The van der Waals surface area contributed by atoms with Gasteiger partial charge in [-0.25, -0.2) is 0 Å². The first-order valence-electron chi connectivity index (χ1n) is 5.00. The fourth-order valence-corrected chi connectivity index (χ4v) is 1.02. The van der Waals surface area contributed by atoms with Crippen molar-refractivity contribution < 1.29 is 9.94 Å². The summed E-state index contributed by atoms with van der Waals surface area (Å²) in [7, 11) is 3.71. The van der Waals surface area contributed by atoms with E-state index >= 15 is 0 Å². The number of amidine groups is 1.